The smallest absolute Gasteiger partial charge is 0.128 e. The molecule has 0 amide bonds. The van der Waals surface area contributed by atoms with Gasteiger partial charge in [-0.15, -0.1) is 0 Å². The van der Waals surface area contributed by atoms with Crippen molar-refractivity contribution in [2.24, 2.45) is 0 Å². The number of piperazine rings is 1. The van der Waals surface area contributed by atoms with Crippen molar-refractivity contribution >= 4 is 5.69 Å². The molecule has 2 atom stereocenters. The minimum atomic E-state index is -0.0872. The molecule has 2 saturated heterocycles. The molecule has 2 heterocycles. The quantitative estimate of drug-likeness (QED) is 0.767. The number of nitrogens with zero attached hydrogens (tertiary/aromatic N) is 2. The molecule has 0 aliphatic carbocycles. The number of anilines is 1. The van der Waals surface area contributed by atoms with Crippen molar-refractivity contribution < 1.29 is 4.39 Å². The van der Waals surface area contributed by atoms with Gasteiger partial charge in [0.25, 0.3) is 0 Å². The monoisotopic (exact) mass is 262 g/mol. The molecule has 1 aromatic carbocycles. The molecule has 3 heteroatoms. The topological polar surface area (TPSA) is 6.48 Å². The second-order valence-corrected chi connectivity index (χ2v) is 6.08. The Kier molecular flexibility index (Phi) is 3.48. The van der Waals surface area contributed by atoms with Gasteiger partial charge in [0.15, 0.2) is 0 Å². The SMILES string of the molecule is Cc1ccc(N2CC3CCCCN3CC2C)cc1F. The van der Waals surface area contributed by atoms with Crippen LogP contribution in [0.3, 0.4) is 0 Å². The Labute approximate surface area is 115 Å². The van der Waals surface area contributed by atoms with Gasteiger partial charge in [0, 0.05) is 30.9 Å². The highest BCUT2D eigenvalue weighted by atomic mass is 19.1. The molecule has 0 N–H and O–H groups in total. The fourth-order valence-corrected chi connectivity index (χ4v) is 3.47. The Balaban J connectivity index is 1.81. The summed E-state index contributed by atoms with van der Waals surface area (Å²) in [6.07, 6.45) is 3.96. The van der Waals surface area contributed by atoms with Crippen LogP contribution in [0.25, 0.3) is 0 Å². The lowest BCUT2D eigenvalue weighted by Gasteiger charge is -2.48. The molecule has 2 nitrogen and oxygen atoms in total. The highest BCUT2D eigenvalue weighted by Crippen LogP contribution is 2.28. The lowest BCUT2D eigenvalue weighted by molar-refractivity contribution is 0.115. The van der Waals surface area contributed by atoms with Crippen molar-refractivity contribution in [3.63, 3.8) is 0 Å². The van der Waals surface area contributed by atoms with E-state index in [2.05, 4.69) is 22.8 Å². The fraction of sp³-hybridized carbons (Fsp3) is 0.625. The molecule has 1 aromatic rings. The summed E-state index contributed by atoms with van der Waals surface area (Å²) >= 11 is 0. The summed E-state index contributed by atoms with van der Waals surface area (Å²) < 4.78 is 13.8. The summed E-state index contributed by atoms with van der Waals surface area (Å²) in [5.74, 6) is -0.0872. The number of hydrogen-bond donors (Lipinski definition) is 0. The maximum Gasteiger partial charge on any atom is 0.128 e. The molecule has 0 saturated carbocycles. The molecule has 0 bridgehead atoms. The summed E-state index contributed by atoms with van der Waals surface area (Å²) in [5, 5.41) is 0. The fourth-order valence-electron chi connectivity index (χ4n) is 3.47. The van der Waals surface area contributed by atoms with Gasteiger partial charge in [0.2, 0.25) is 0 Å². The first kappa shape index (κ1) is 12.9. The van der Waals surface area contributed by atoms with E-state index >= 15 is 0 Å². The summed E-state index contributed by atoms with van der Waals surface area (Å²) in [5.41, 5.74) is 1.77. The zero-order chi connectivity index (χ0) is 13.4. The van der Waals surface area contributed by atoms with Crippen LogP contribution < -0.4 is 4.90 Å². The number of benzene rings is 1. The number of rotatable bonds is 1. The zero-order valence-corrected chi connectivity index (χ0v) is 11.9. The van der Waals surface area contributed by atoms with E-state index in [4.69, 9.17) is 0 Å². The van der Waals surface area contributed by atoms with E-state index < -0.39 is 0 Å². The Morgan fingerprint density at radius 3 is 2.84 bits per heavy atom. The normalized spacial score (nSPS) is 28.3. The van der Waals surface area contributed by atoms with Crippen LogP contribution in [0, 0.1) is 12.7 Å². The van der Waals surface area contributed by atoms with Crippen LogP contribution >= 0.6 is 0 Å². The first-order valence-corrected chi connectivity index (χ1v) is 7.42. The molecule has 0 aromatic heterocycles. The van der Waals surface area contributed by atoms with E-state index in [1.165, 1.54) is 25.8 Å². The molecule has 2 fully saturated rings. The molecule has 2 aliphatic heterocycles. The molecule has 0 radical (unpaired) electrons. The minimum absolute atomic E-state index is 0.0872. The molecule has 0 spiro atoms. The second kappa shape index (κ2) is 5.12. The van der Waals surface area contributed by atoms with Crippen LogP contribution in [0.15, 0.2) is 18.2 Å². The highest BCUT2D eigenvalue weighted by Gasteiger charge is 2.33. The van der Waals surface area contributed by atoms with Crippen LogP contribution in [0.4, 0.5) is 10.1 Å². The molecular weight excluding hydrogens is 239 g/mol. The van der Waals surface area contributed by atoms with Crippen LogP contribution in [0.5, 0.6) is 0 Å². The van der Waals surface area contributed by atoms with E-state index in [0.717, 1.165) is 24.3 Å². The zero-order valence-electron chi connectivity index (χ0n) is 11.9. The Morgan fingerprint density at radius 1 is 1.21 bits per heavy atom. The van der Waals surface area contributed by atoms with Crippen molar-refractivity contribution in [3.8, 4) is 0 Å². The van der Waals surface area contributed by atoms with Crippen LogP contribution in [0.2, 0.25) is 0 Å². The van der Waals surface area contributed by atoms with Crippen LogP contribution in [-0.4, -0.2) is 36.6 Å². The van der Waals surface area contributed by atoms with Crippen LogP contribution in [0.1, 0.15) is 31.7 Å². The van der Waals surface area contributed by atoms with Gasteiger partial charge in [-0.05, 0) is 50.9 Å². The Hall–Kier alpha value is -1.09. The third-order valence-electron chi connectivity index (χ3n) is 4.67. The van der Waals surface area contributed by atoms with Crippen molar-refractivity contribution in [3.05, 3.63) is 29.6 Å². The van der Waals surface area contributed by atoms with Crippen LogP contribution in [-0.2, 0) is 0 Å². The number of hydrogen-bond acceptors (Lipinski definition) is 2. The molecule has 2 unspecified atom stereocenters. The first-order chi connectivity index (χ1) is 9.15. The van der Waals surface area contributed by atoms with Gasteiger partial charge >= 0.3 is 0 Å². The van der Waals surface area contributed by atoms with Crippen molar-refractivity contribution in [1.82, 2.24) is 4.90 Å². The van der Waals surface area contributed by atoms with E-state index in [0.29, 0.717) is 12.1 Å². The largest absolute Gasteiger partial charge is 0.366 e. The molecule has 3 rings (SSSR count). The van der Waals surface area contributed by atoms with E-state index in [1.54, 1.807) is 6.07 Å². The Morgan fingerprint density at radius 2 is 2.05 bits per heavy atom. The second-order valence-electron chi connectivity index (χ2n) is 6.08. The standard InChI is InChI=1S/C16H23FN2/c1-12-6-7-14(9-16(12)17)19-11-15-5-3-4-8-18(15)10-13(19)2/h6-7,9,13,15H,3-5,8,10-11H2,1-2H3. The predicted octanol–water partition coefficient (Wildman–Crippen LogP) is 3.20. The molecule has 104 valence electrons. The Bertz CT molecular complexity index is 460. The summed E-state index contributed by atoms with van der Waals surface area (Å²) in [7, 11) is 0. The number of aryl methyl sites for hydroxylation is 1. The average Bonchev–Trinajstić information content (AvgIpc) is 2.41. The lowest BCUT2D eigenvalue weighted by atomic mass is 9.96. The number of piperidine rings is 1. The third-order valence-corrected chi connectivity index (χ3v) is 4.67. The van der Waals surface area contributed by atoms with Gasteiger partial charge < -0.3 is 4.90 Å². The number of halogens is 1. The molecule has 2 aliphatic rings. The average molecular weight is 262 g/mol. The maximum atomic E-state index is 13.8. The third kappa shape index (κ3) is 2.48. The first-order valence-electron chi connectivity index (χ1n) is 7.42. The van der Waals surface area contributed by atoms with E-state index in [-0.39, 0.29) is 5.82 Å². The van der Waals surface area contributed by atoms with E-state index in [9.17, 15) is 4.39 Å². The summed E-state index contributed by atoms with van der Waals surface area (Å²) in [6, 6.07) is 6.79. The summed E-state index contributed by atoms with van der Waals surface area (Å²) in [6.45, 7) is 7.47. The maximum absolute atomic E-state index is 13.8. The van der Waals surface area contributed by atoms with Gasteiger partial charge in [0.1, 0.15) is 5.82 Å². The van der Waals surface area contributed by atoms with Gasteiger partial charge in [-0.3, -0.25) is 4.90 Å². The number of fused-ring (bicyclic) bond motifs is 1. The summed E-state index contributed by atoms with van der Waals surface area (Å²) in [4.78, 5) is 5.00. The van der Waals surface area contributed by atoms with Crippen molar-refractivity contribution in [1.29, 1.82) is 0 Å². The highest BCUT2D eigenvalue weighted by molar-refractivity contribution is 5.49. The molecular formula is C16H23FN2. The minimum Gasteiger partial charge on any atom is -0.366 e. The van der Waals surface area contributed by atoms with Gasteiger partial charge in [-0.1, -0.05) is 12.5 Å². The molecule has 19 heavy (non-hydrogen) atoms. The van der Waals surface area contributed by atoms with Gasteiger partial charge in [-0.2, -0.15) is 0 Å². The lowest BCUT2D eigenvalue weighted by Crippen LogP contribution is -2.58. The van der Waals surface area contributed by atoms with Gasteiger partial charge in [-0.25, -0.2) is 4.39 Å². The van der Waals surface area contributed by atoms with Crippen molar-refractivity contribution in [2.45, 2.75) is 45.2 Å². The van der Waals surface area contributed by atoms with Crippen molar-refractivity contribution in [2.75, 3.05) is 24.5 Å². The van der Waals surface area contributed by atoms with E-state index in [1.807, 2.05) is 13.0 Å². The predicted molar refractivity (Wildman–Crippen MR) is 77.2 cm³/mol. The van der Waals surface area contributed by atoms with Gasteiger partial charge in [0.05, 0.1) is 0 Å².